The Morgan fingerprint density at radius 2 is 2.14 bits per heavy atom. The smallest absolute Gasteiger partial charge is 0.146 e. The van der Waals surface area contributed by atoms with E-state index in [2.05, 4.69) is 4.74 Å². The third-order valence-corrected chi connectivity index (χ3v) is 1.62. The van der Waals surface area contributed by atoms with Crippen LogP contribution in [0.25, 0.3) is 6.08 Å². The van der Waals surface area contributed by atoms with Gasteiger partial charge in [0.05, 0.1) is 6.61 Å². The van der Waals surface area contributed by atoms with Crippen molar-refractivity contribution in [2.45, 2.75) is 0 Å². The van der Waals surface area contributed by atoms with Gasteiger partial charge in [0.15, 0.2) is 0 Å². The van der Waals surface area contributed by atoms with Gasteiger partial charge in [-0.1, -0.05) is 30.4 Å². The maximum absolute atomic E-state index is 13.0. The molecule has 3 heteroatoms. The molecule has 0 unspecified atom stereocenters. The summed E-state index contributed by atoms with van der Waals surface area (Å²) in [5, 5.41) is 0. The van der Waals surface area contributed by atoms with Gasteiger partial charge in [0.2, 0.25) is 0 Å². The largest absolute Gasteiger partial charge is 0.359 e. The van der Waals surface area contributed by atoms with Crippen molar-refractivity contribution in [3.8, 4) is 0 Å². The van der Waals surface area contributed by atoms with E-state index in [0.717, 1.165) is 0 Å². The maximum atomic E-state index is 13.0. The average Bonchev–Trinajstić information content (AvgIpc) is 2.20. The minimum Gasteiger partial charge on any atom is -0.359 e. The van der Waals surface area contributed by atoms with E-state index in [-0.39, 0.29) is 12.6 Å². The monoisotopic (exact) mass is 196 g/mol. The summed E-state index contributed by atoms with van der Waals surface area (Å²) in [7, 11) is 1.56. The van der Waals surface area contributed by atoms with Gasteiger partial charge in [0, 0.05) is 12.7 Å². The fourth-order valence-corrected chi connectivity index (χ4v) is 0.985. The molecule has 0 heterocycles. The first-order valence-electron chi connectivity index (χ1n) is 4.32. The summed E-state index contributed by atoms with van der Waals surface area (Å²) in [5.41, 5.74) is 0.563. The molecule has 1 aromatic carbocycles. The van der Waals surface area contributed by atoms with Gasteiger partial charge in [-0.25, -0.2) is 4.39 Å². The average molecular weight is 196 g/mol. The lowest BCUT2D eigenvalue weighted by Gasteiger charge is -1.97. The van der Waals surface area contributed by atoms with Crippen LogP contribution in [-0.2, 0) is 9.47 Å². The van der Waals surface area contributed by atoms with Crippen molar-refractivity contribution in [2.75, 3.05) is 20.5 Å². The number of benzene rings is 1. The predicted molar refractivity (Wildman–Crippen MR) is 53.3 cm³/mol. The second kappa shape index (κ2) is 6.29. The van der Waals surface area contributed by atoms with Crippen LogP contribution in [0, 0.1) is 5.82 Å². The molecule has 0 amide bonds. The van der Waals surface area contributed by atoms with Crippen LogP contribution in [0.5, 0.6) is 0 Å². The molecule has 0 saturated heterocycles. The Hall–Kier alpha value is -1.19. The molecule has 0 spiro atoms. The van der Waals surface area contributed by atoms with Crippen LogP contribution in [0.1, 0.15) is 5.56 Å². The van der Waals surface area contributed by atoms with Crippen molar-refractivity contribution in [3.05, 3.63) is 41.7 Å². The standard InChI is InChI=1S/C11H13FO2/c1-13-9-14-8-4-6-10-5-2-3-7-11(10)12/h2-7H,8-9H2,1H3. The van der Waals surface area contributed by atoms with Gasteiger partial charge in [0.25, 0.3) is 0 Å². The first-order valence-corrected chi connectivity index (χ1v) is 4.32. The van der Waals surface area contributed by atoms with Crippen LogP contribution in [-0.4, -0.2) is 20.5 Å². The van der Waals surface area contributed by atoms with Crippen molar-refractivity contribution in [2.24, 2.45) is 0 Å². The van der Waals surface area contributed by atoms with Gasteiger partial charge in [-0.3, -0.25) is 0 Å². The molecule has 2 nitrogen and oxygen atoms in total. The van der Waals surface area contributed by atoms with Gasteiger partial charge >= 0.3 is 0 Å². The number of rotatable bonds is 5. The van der Waals surface area contributed by atoms with Crippen molar-refractivity contribution >= 4 is 6.08 Å². The Kier molecular flexibility index (Phi) is 4.89. The van der Waals surface area contributed by atoms with Crippen LogP contribution < -0.4 is 0 Å². The number of hydrogen-bond acceptors (Lipinski definition) is 2. The molecule has 0 aliphatic carbocycles. The van der Waals surface area contributed by atoms with E-state index in [0.29, 0.717) is 12.2 Å². The second-order valence-corrected chi connectivity index (χ2v) is 2.70. The van der Waals surface area contributed by atoms with Crippen molar-refractivity contribution in [3.63, 3.8) is 0 Å². The summed E-state index contributed by atoms with van der Waals surface area (Å²) in [6.07, 6.45) is 3.43. The highest BCUT2D eigenvalue weighted by Crippen LogP contribution is 2.07. The Morgan fingerprint density at radius 1 is 1.36 bits per heavy atom. The summed E-state index contributed by atoms with van der Waals surface area (Å²) < 4.78 is 22.7. The second-order valence-electron chi connectivity index (χ2n) is 2.70. The Bertz CT molecular complexity index is 297. The maximum Gasteiger partial charge on any atom is 0.146 e. The summed E-state index contributed by atoms with van der Waals surface area (Å²) in [4.78, 5) is 0. The molecule has 0 fully saturated rings. The van der Waals surface area contributed by atoms with Crippen LogP contribution in [0.3, 0.4) is 0 Å². The highest BCUT2D eigenvalue weighted by Gasteiger charge is 1.93. The van der Waals surface area contributed by atoms with E-state index in [1.807, 2.05) is 0 Å². The summed E-state index contributed by atoms with van der Waals surface area (Å²) in [6.45, 7) is 0.670. The Balaban J connectivity index is 2.40. The molecule has 1 rings (SSSR count). The summed E-state index contributed by atoms with van der Waals surface area (Å²) in [5.74, 6) is -0.226. The number of hydrogen-bond donors (Lipinski definition) is 0. The molecule has 0 atom stereocenters. The fraction of sp³-hybridized carbons (Fsp3) is 0.273. The molecule has 0 aromatic heterocycles. The van der Waals surface area contributed by atoms with Gasteiger partial charge < -0.3 is 9.47 Å². The minimum atomic E-state index is -0.226. The molecular weight excluding hydrogens is 183 g/mol. The van der Waals surface area contributed by atoms with Crippen molar-refractivity contribution in [1.82, 2.24) is 0 Å². The number of halogens is 1. The fourth-order valence-electron chi connectivity index (χ4n) is 0.985. The van der Waals surface area contributed by atoms with Crippen LogP contribution in [0.15, 0.2) is 30.3 Å². The van der Waals surface area contributed by atoms with Crippen LogP contribution in [0.4, 0.5) is 4.39 Å². The molecular formula is C11H13FO2. The zero-order valence-electron chi connectivity index (χ0n) is 8.07. The predicted octanol–water partition coefficient (Wildman–Crippen LogP) is 2.46. The zero-order chi connectivity index (χ0) is 10.2. The van der Waals surface area contributed by atoms with Gasteiger partial charge in [-0.2, -0.15) is 0 Å². The lowest BCUT2D eigenvalue weighted by Crippen LogP contribution is -1.95. The third-order valence-electron chi connectivity index (χ3n) is 1.62. The SMILES string of the molecule is COCOCC=Cc1ccccc1F. The molecule has 0 aliphatic heterocycles. The quantitative estimate of drug-likeness (QED) is 0.532. The molecule has 0 saturated carbocycles. The first kappa shape index (κ1) is 10.9. The third kappa shape index (κ3) is 3.68. The van der Waals surface area contributed by atoms with E-state index >= 15 is 0 Å². The van der Waals surface area contributed by atoms with Gasteiger partial charge in [0.1, 0.15) is 12.6 Å². The topological polar surface area (TPSA) is 18.5 Å². The molecule has 1 aromatic rings. The molecule has 0 N–H and O–H groups in total. The lowest BCUT2D eigenvalue weighted by molar-refractivity contribution is -0.0184. The van der Waals surface area contributed by atoms with Gasteiger partial charge in [-0.15, -0.1) is 0 Å². The highest BCUT2D eigenvalue weighted by molar-refractivity contribution is 5.49. The molecule has 0 bridgehead atoms. The summed E-state index contributed by atoms with van der Waals surface area (Å²) in [6, 6.07) is 6.59. The minimum absolute atomic E-state index is 0.226. The molecule has 14 heavy (non-hydrogen) atoms. The number of ether oxygens (including phenoxy) is 2. The summed E-state index contributed by atoms with van der Waals surface area (Å²) >= 11 is 0. The normalized spacial score (nSPS) is 11.0. The van der Waals surface area contributed by atoms with E-state index < -0.39 is 0 Å². The zero-order valence-corrected chi connectivity index (χ0v) is 8.07. The number of methoxy groups -OCH3 is 1. The highest BCUT2D eigenvalue weighted by atomic mass is 19.1. The van der Waals surface area contributed by atoms with Crippen molar-refractivity contribution < 1.29 is 13.9 Å². The van der Waals surface area contributed by atoms with Crippen LogP contribution >= 0.6 is 0 Å². The van der Waals surface area contributed by atoms with E-state index in [1.165, 1.54) is 6.07 Å². The lowest BCUT2D eigenvalue weighted by atomic mass is 10.2. The van der Waals surface area contributed by atoms with E-state index in [9.17, 15) is 4.39 Å². The Labute approximate surface area is 83.0 Å². The van der Waals surface area contributed by atoms with Gasteiger partial charge in [-0.05, 0) is 6.07 Å². The molecule has 0 radical (unpaired) electrons. The first-order chi connectivity index (χ1) is 6.84. The van der Waals surface area contributed by atoms with Crippen molar-refractivity contribution in [1.29, 1.82) is 0 Å². The van der Waals surface area contributed by atoms with Crippen LogP contribution in [0.2, 0.25) is 0 Å². The molecule has 76 valence electrons. The van der Waals surface area contributed by atoms with E-state index in [1.54, 1.807) is 37.5 Å². The Morgan fingerprint density at radius 3 is 2.86 bits per heavy atom. The molecule has 0 aliphatic rings. The van der Waals surface area contributed by atoms with E-state index in [4.69, 9.17) is 4.74 Å².